The number of hydrogen-bond donors (Lipinski definition) is 3. The summed E-state index contributed by atoms with van der Waals surface area (Å²) in [5.41, 5.74) is 6.94. The van der Waals surface area contributed by atoms with Crippen LogP contribution in [0.2, 0.25) is 0 Å². The molecule has 0 saturated heterocycles. The highest BCUT2D eigenvalue weighted by Gasteiger charge is 2.05. The van der Waals surface area contributed by atoms with Gasteiger partial charge in [-0.2, -0.15) is 12.6 Å². The normalized spacial score (nSPS) is 12.4. The Hall–Kier alpha value is -1.00. The van der Waals surface area contributed by atoms with Crippen LogP contribution in [0.15, 0.2) is 24.3 Å². The second kappa shape index (κ2) is 5.02. The molecule has 14 heavy (non-hydrogen) atoms. The Morgan fingerprint density at radius 1 is 1.57 bits per heavy atom. The third-order valence-electron chi connectivity index (χ3n) is 1.91. The fraction of sp³-hybridized carbons (Fsp3) is 0.300. The highest BCUT2D eigenvalue weighted by molar-refractivity contribution is 7.80. The quantitative estimate of drug-likeness (QED) is 0.655. The highest BCUT2D eigenvalue weighted by atomic mass is 32.1. The molecule has 0 heterocycles. The van der Waals surface area contributed by atoms with Crippen molar-refractivity contribution in [3.8, 4) is 0 Å². The lowest BCUT2D eigenvalue weighted by Crippen LogP contribution is -2.24. The van der Waals surface area contributed by atoms with Crippen molar-refractivity contribution in [2.45, 2.75) is 12.5 Å². The average molecular weight is 211 g/mol. The van der Waals surface area contributed by atoms with Crippen molar-refractivity contribution >= 4 is 18.6 Å². The smallest absolute Gasteiger partial charge is 0.335 e. The predicted octanol–water partition coefficient (Wildman–Crippen LogP) is 1.18. The number of rotatable bonds is 4. The van der Waals surface area contributed by atoms with Crippen LogP contribution in [0.25, 0.3) is 0 Å². The molecule has 0 amide bonds. The zero-order valence-corrected chi connectivity index (χ0v) is 8.58. The van der Waals surface area contributed by atoms with Gasteiger partial charge in [-0.05, 0) is 24.1 Å². The largest absolute Gasteiger partial charge is 0.478 e. The van der Waals surface area contributed by atoms with Crippen molar-refractivity contribution in [2.75, 3.05) is 5.75 Å². The second-order valence-electron chi connectivity index (χ2n) is 3.15. The minimum absolute atomic E-state index is 0.0256. The van der Waals surface area contributed by atoms with Gasteiger partial charge in [-0.25, -0.2) is 4.79 Å². The molecular weight excluding hydrogens is 198 g/mol. The van der Waals surface area contributed by atoms with E-state index in [2.05, 4.69) is 12.6 Å². The Morgan fingerprint density at radius 2 is 2.29 bits per heavy atom. The SMILES string of the molecule is NC(CS)Cc1cccc(C(=O)O)c1. The van der Waals surface area contributed by atoms with E-state index < -0.39 is 5.97 Å². The molecule has 0 spiro atoms. The molecule has 4 heteroatoms. The van der Waals surface area contributed by atoms with Gasteiger partial charge in [0.05, 0.1) is 5.56 Å². The lowest BCUT2D eigenvalue weighted by atomic mass is 10.0. The average Bonchev–Trinajstić information content (AvgIpc) is 2.18. The second-order valence-corrected chi connectivity index (χ2v) is 3.52. The van der Waals surface area contributed by atoms with E-state index >= 15 is 0 Å². The Kier molecular flexibility index (Phi) is 3.98. The molecule has 3 nitrogen and oxygen atoms in total. The van der Waals surface area contributed by atoms with Crippen molar-refractivity contribution < 1.29 is 9.90 Å². The van der Waals surface area contributed by atoms with Crippen molar-refractivity contribution in [3.05, 3.63) is 35.4 Å². The summed E-state index contributed by atoms with van der Waals surface area (Å²) >= 11 is 4.07. The van der Waals surface area contributed by atoms with E-state index in [9.17, 15) is 4.79 Å². The van der Waals surface area contributed by atoms with Gasteiger partial charge < -0.3 is 10.8 Å². The number of nitrogens with two attached hydrogens (primary N) is 1. The molecule has 3 N–H and O–H groups in total. The van der Waals surface area contributed by atoms with Gasteiger partial charge >= 0.3 is 5.97 Å². The molecule has 0 aromatic heterocycles. The van der Waals surface area contributed by atoms with Crippen molar-refractivity contribution in [2.24, 2.45) is 5.73 Å². The standard InChI is InChI=1S/C10H13NO2S/c11-9(6-14)5-7-2-1-3-8(4-7)10(12)13/h1-4,9,14H,5-6,11H2,(H,12,13). The number of carbonyl (C=O) groups is 1. The summed E-state index contributed by atoms with van der Waals surface area (Å²) in [6, 6.07) is 6.78. The summed E-state index contributed by atoms with van der Waals surface area (Å²) < 4.78 is 0. The molecule has 0 bridgehead atoms. The molecule has 0 aliphatic heterocycles. The molecule has 76 valence electrons. The van der Waals surface area contributed by atoms with Crippen LogP contribution in [-0.4, -0.2) is 22.9 Å². The molecule has 1 unspecified atom stereocenters. The van der Waals surface area contributed by atoms with Gasteiger partial charge in [-0.1, -0.05) is 12.1 Å². The minimum atomic E-state index is -0.911. The number of benzene rings is 1. The number of aromatic carboxylic acids is 1. The lowest BCUT2D eigenvalue weighted by molar-refractivity contribution is 0.0696. The first-order valence-electron chi connectivity index (χ1n) is 4.32. The van der Waals surface area contributed by atoms with Crippen LogP contribution in [0, 0.1) is 0 Å². The molecule has 0 aliphatic carbocycles. The summed E-state index contributed by atoms with van der Waals surface area (Å²) in [4.78, 5) is 10.7. The van der Waals surface area contributed by atoms with Crippen LogP contribution in [0.1, 0.15) is 15.9 Å². The van der Waals surface area contributed by atoms with E-state index in [-0.39, 0.29) is 6.04 Å². The van der Waals surface area contributed by atoms with Gasteiger partial charge in [0.25, 0.3) is 0 Å². The molecule has 0 saturated carbocycles. The van der Waals surface area contributed by atoms with E-state index in [1.54, 1.807) is 18.2 Å². The maximum atomic E-state index is 10.7. The Labute approximate surface area is 88.3 Å². The third-order valence-corrected chi connectivity index (χ3v) is 2.38. The molecule has 0 aliphatic rings. The van der Waals surface area contributed by atoms with E-state index in [0.29, 0.717) is 17.7 Å². The number of thiol groups is 1. The van der Waals surface area contributed by atoms with Crippen LogP contribution in [0.3, 0.4) is 0 Å². The zero-order chi connectivity index (χ0) is 10.6. The number of hydrogen-bond acceptors (Lipinski definition) is 3. The fourth-order valence-corrected chi connectivity index (χ4v) is 1.33. The first kappa shape index (κ1) is 11.1. The Bertz CT molecular complexity index is 328. The predicted molar refractivity (Wildman–Crippen MR) is 58.9 cm³/mol. The van der Waals surface area contributed by atoms with Crippen LogP contribution < -0.4 is 5.73 Å². The lowest BCUT2D eigenvalue weighted by Gasteiger charge is -2.08. The Morgan fingerprint density at radius 3 is 2.86 bits per heavy atom. The molecule has 1 aromatic carbocycles. The summed E-state index contributed by atoms with van der Waals surface area (Å²) in [6.07, 6.45) is 0.657. The van der Waals surface area contributed by atoms with Gasteiger partial charge in [-0.15, -0.1) is 0 Å². The van der Waals surface area contributed by atoms with E-state index in [1.807, 2.05) is 6.07 Å². The van der Waals surface area contributed by atoms with Gasteiger partial charge in [0.15, 0.2) is 0 Å². The van der Waals surface area contributed by atoms with Gasteiger partial charge in [0.1, 0.15) is 0 Å². The topological polar surface area (TPSA) is 63.3 Å². The third kappa shape index (κ3) is 3.05. The van der Waals surface area contributed by atoms with E-state index in [0.717, 1.165) is 5.56 Å². The number of carboxylic acid groups (broad SMARTS) is 1. The molecule has 1 atom stereocenters. The summed E-state index contributed by atoms with van der Waals surface area (Å²) in [6.45, 7) is 0. The maximum Gasteiger partial charge on any atom is 0.335 e. The maximum absolute atomic E-state index is 10.7. The van der Waals surface area contributed by atoms with Gasteiger partial charge in [0, 0.05) is 11.8 Å². The van der Waals surface area contributed by atoms with Gasteiger partial charge in [0.2, 0.25) is 0 Å². The van der Waals surface area contributed by atoms with Crippen LogP contribution >= 0.6 is 12.6 Å². The molecule has 0 fully saturated rings. The van der Waals surface area contributed by atoms with Crippen molar-refractivity contribution in [1.82, 2.24) is 0 Å². The number of carboxylic acids is 1. The first-order chi connectivity index (χ1) is 6.63. The summed E-state index contributed by atoms with van der Waals surface area (Å²) in [5, 5.41) is 8.75. The highest BCUT2D eigenvalue weighted by Crippen LogP contribution is 2.07. The van der Waals surface area contributed by atoms with Crippen LogP contribution in [0.4, 0.5) is 0 Å². The zero-order valence-electron chi connectivity index (χ0n) is 7.68. The Balaban J connectivity index is 2.78. The minimum Gasteiger partial charge on any atom is -0.478 e. The summed E-state index contributed by atoms with van der Waals surface area (Å²) in [5.74, 6) is -0.316. The monoisotopic (exact) mass is 211 g/mol. The van der Waals surface area contributed by atoms with E-state index in [4.69, 9.17) is 10.8 Å². The fourth-order valence-electron chi connectivity index (χ4n) is 1.20. The van der Waals surface area contributed by atoms with Crippen molar-refractivity contribution in [3.63, 3.8) is 0 Å². The first-order valence-corrected chi connectivity index (χ1v) is 4.95. The van der Waals surface area contributed by atoms with Gasteiger partial charge in [-0.3, -0.25) is 0 Å². The van der Waals surface area contributed by atoms with Crippen LogP contribution in [0.5, 0.6) is 0 Å². The van der Waals surface area contributed by atoms with Crippen molar-refractivity contribution in [1.29, 1.82) is 0 Å². The molecule has 1 rings (SSSR count). The molecular formula is C10H13NO2S. The summed E-state index contributed by atoms with van der Waals surface area (Å²) in [7, 11) is 0. The molecule has 0 radical (unpaired) electrons. The molecule has 1 aromatic rings. The van der Waals surface area contributed by atoms with Crippen LogP contribution in [-0.2, 0) is 6.42 Å². The van der Waals surface area contributed by atoms with E-state index in [1.165, 1.54) is 0 Å².